The molecule has 11 heteroatoms. The summed E-state index contributed by atoms with van der Waals surface area (Å²) in [5.41, 5.74) is 1.14. The first-order valence-electron chi connectivity index (χ1n) is 8.84. The van der Waals surface area contributed by atoms with Crippen LogP contribution >= 0.6 is 33.4 Å². The second-order valence-electron chi connectivity index (χ2n) is 6.69. The summed E-state index contributed by atoms with van der Waals surface area (Å²) >= 11 is 2.78. The van der Waals surface area contributed by atoms with Crippen molar-refractivity contribution in [1.82, 2.24) is 9.55 Å². The number of anilines is 1. The van der Waals surface area contributed by atoms with Crippen LogP contribution < -0.4 is 10.9 Å². The zero-order chi connectivity index (χ0) is 21.0. The Hall–Kier alpha value is -2.70. The maximum atomic E-state index is 13.4. The lowest BCUT2D eigenvalue weighted by molar-refractivity contribution is 0.478. The number of hydrogen-bond donors (Lipinski definition) is 4. The highest BCUT2D eigenvalue weighted by Crippen LogP contribution is 2.55. The Morgan fingerprint density at radius 1 is 1.20 bits per heavy atom. The largest absolute Gasteiger partial charge is 0.505 e. The summed E-state index contributed by atoms with van der Waals surface area (Å²) in [5.74, 6) is -0.314. The van der Waals surface area contributed by atoms with E-state index in [1.54, 1.807) is 35.7 Å². The van der Waals surface area contributed by atoms with Gasteiger partial charge in [0, 0.05) is 5.38 Å². The summed E-state index contributed by atoms with van der Waals surface area (Å²) in [6, 6.07) is 8.39. The molecule has 0 saturated carbocycles. The molecule has 154 valence electrons. The number of rotatable bonds is 3. The quantitative estimate of drug-likeness (QED) is 0.358. The van der Waals surface area contributed by atoms with Crippen LogP contribution in [-0.4, -0.2) is 29.6 Å². The van der Waals surface area contributed by atoms with Crippen molar-refractivity contribution in [3.05, 3.63) is 67.7 Å². The molecule has 1 aliphatic rings. The Balaban J connectivity index is 1.72. The van der Waals surface area contributed by atoms with Gasteiger partial charge in [0.05, 0.1) is 33.2 Å². The summed E-state index contributed by atoms with van der Waals surface area (Å²) < 4.78 is 27.1. The van der Waals surface area contributed by atoms with E-state index in [9.17, 15) is 19.0 Å². The van der Waals surface area contributed by atoms with E-state index in [0.717, 1.165) is 10.7 Å². The highest BCUT2D eigenvalue weighted by Gasteiger charge is 2.30. The summed E-state index contributed by atoms with van der Waals surface area (Å²) in [5, 5.41) is 18.4. The van der Waals surface area contributed by atoms with Crippen LogP contribution in [0, 0.1) is 6.92 Å². The monoisotopic (exact) mass is 460 g/mol. The zero-order valence-electron chi connectivity index (χ0n) is 15.6. The number of pyridine rings is 1. The van der Waals surface area contributed by atoms with Gasteiger partial charge in [-0.1, -0.05) is 22.9 Å². The van der Waals surface area contributed by atoms with Gasteiger partial charge in [-0.2, -0.15) is 0 Å². The van der Waals surface area contributed by atoms with Gasteiger partial charge in [-0.25, -0.2) is 4.98 Å². The van der Waals surface area contributed by atoms with Crippen molar-refractivity contribution in [2.75, 3.05) is 5.32 Å². The fourth-order valence-corrected chi connectivity index (χ4v) is 6.02. The predicted octanol–water partition coefficient (Wildman–Crippen LogP) is 4.48. The van der Waals surface area contributed by atoms with Crippen molar-refractivity contribution in [1.29, 1.82) is 0 Å². The molecule has 0 unspecified atom stereocenters. The van der Waals surface area contributed by atoms with Gasteiger partial charge in [-0.05, 0) is 30.5 Å². The second kappa shape index (κ2) is 6.93. The standard InChI is InChI=1S/C19H16N4O4S3/c1-10-20-11(9-29-10)8-23-13-6-7-28-17(13)16(24)15(19(23)25)18-21-12-4-2-3-5-14(12)30(26,27)22-18/h2-7,9,24,26-27H,8H2,1H3,(H,21,22). The van der Waals surface area contributed by atoms with Crippen LogP contribution in [0.15, 0.2) is 55.2 Å². The molecule has 4 N–H and O–H groups in total. The lowest BCUT2D eigenvalue weighted by Crippen LogP contribution is -2.32. The van der Waals surface area contributed by atoms with E-state index in [-0.39, 0.29) is 28.6 Å². The molecule has 4 heterocycles. The second-order valence-corrected chi connectivity index (χ2v) is 10.3. The fraction of sp³-hybridized carbons (Fsp3) is 0.105. The maximum absolute atomic E-state index is 13.4. The van der Waals surface area contributed by atoms with E-state index >= 15 is 0 Å². The zero-order valence-corrected chi connectivity index (χ0v) is 18.0. The Morgan fingerprint density at radius 2 is 2.00 bits per heavy atom. The third kappa shape index (κ3) is 3.02. The molecule has 0 amide bonds. The molecular weight excluding hydrogens is 444 g/mol. The Kier molecular flexibility index (Phi) is 4.45. The summed E-state index contributed by atoms with van der Waals surface area (Å²) in [6.07, 6.45) is 0. The first-order chi connectivity index (χ1) is 14.3. The number of benzene rings is 1. The normalized spacial score (nSPS) is 16.0. The molecule has 30 heavy (non-hydrogen) atoms. The Bertz CT molecular complexity index is 1390. The average molecular weight is 461 g/mol. The Morgan fingerprint density at radius 3 is 2.77 bits per heavy atom. The minimum absolute atomic E-state index is 0.0743. The van der Waals surface area contributed by atoms with Crippen molar-refractivity contribution in [3.8, 4) is 5.75 Å². The van der Waals surface area contributed by atoms with Crippen LogP contribution in [-0.2, 0) is 6.54 Å². The number of para-hydroxylation sites is 1. The van der Waals surface area contributed by atoms with Crippen molar-refractivity contribution in [3.63, 3.8) is 0 Å². The number of aryl methyl sites for hydroxylation is 1. The summed E-state index contributed by atoms with van der Waals surface area (Å²) in [7, 11) is -3.52. The summed E-state index contributed by atoms with van der Waals surface area (Å²) in [6.45, 7) is 2.12. The molecule has 0 radical (unpaired) electrons. The molecule has 1 aliphatic heterocycles. The van der Waals surface area contributed by atoms with Gasteiger partial charge in [0.15, 0.2) is 11.6 Å². The van der Waals surface area contributed by atoms with E-state index in [0.29, 0.717) is 15.9 Å². The molecule has 8 nitrogen and oxygen atoms in total. The molecule has 3 aromatic heterocycles. The minimum atomic E-state index is -3.52. The van der Waals surface area contributed by atoms with Crippen molar-refractivity contribution >= 4 is 55.2 Å². The Labute approximate surface area is 180 Å². The first-order valence-corrected chi connectivity index (χ1v) is 12.1. The molecular formula is C19H16N4O4S3. The molecule has 0 saturated heterocycles. The smallest absolute Gasteiger partial charge is 0.266 e. The van der Waals surface area contributed by atoms with Gasteiger partial charge in [-0.15, -0.1) is 27.1 Å². The van der Waals surface area contributed by atoms with Gasteiger partial charge in [0.2, 0.25) is 0 Å². The van der Waals surface area contributed by atoms with E-state index in [2.05, 4.69) is 14.7 Å². The molecule has 1 aromatic carbocycles. The highest BCUT2D eigenvalue weighted by atomic mass is 32.3. The number of thiophene rings is 1. The van der Waals surface area contributed by atoms with E-state index in [1.807, 2.05) is 12.3 Å². The molecule has 0 atom stereocenters. The number of fused-ring (bicyclic) bond motifs is 2. The highest BCUT2D eigenvalue weighted by molar-refractivity contribution is 8.23. The topological polar surface area (TPSA) is 120 Å². The van der Waals surface area contributed by atoms with Gasteiger partial charge in [-0.3, -0.25) is 13.9 Å². The van der Waals surface area contributed by atoms with Crippen molar-refractivity contribution in [2.24, 2.45) is 4.40 Å². The minimum Gasteiger partial charge on any atom is -0.505 e. The number of amidine groups is 1. The van der Waals surface area contributed by atoms with Crippen LogP contribution in [0.1, 0.15) is 16.3 Å². The lowest BCUT2D eigenvalue weighted by atomic mass is 10.2. The van der Waals surface area contributed by atoms with Gasteiger partial charge >= 0.3 is 0 Å². The molecule has 0 aliphatic carbocycles. The molecule has 0 bridgehead atoms. The van der Waals surface area contributed by atoms with E-state index < -0.39 is 16.3 Å². The van der Waals surface area contributed by atoms with Crippen LogP contribution in [0.25, 0.3) is 10.2 Å². The van der Waals surface area contributed by atoms with Crippen LogP contribution in [0.3, 0.4) is 0 Å². The number of nitrogens with one attached hydrogen (secondary N) is 1. The van der Waals surface area contributed by atoms with Crippen molar-refractivity contribution in [2.45, 2.75) is 18.4 Å². The number of nitrogens with zero attached hydrogens (tertiary/aromatic N) is 3. The third-order valence-corrected chi connectivity index (χ3v) is 7.84. The third-order valence-electron chi connectivity index (χ3n) is 4.72. The van der Waals surface area contributed by atoms with Gasteiger partial charge < -0.3 is 15.0 Å². The summed E-state index contributed by atoms with van der Waals surface area (Å²) in [4.78, 5) is 18.1. The van der Waals surface area contributed by atoms with Crippen LogP contribution in [0.5, 0.6) is 5.75 Å². The molecule has 0 fully saturated rings. The van der Waals surface area contributed by atoms with Crippen LogP contribution in [0.4, 0.5) is 5.69 Å². The first kappa shape index (κ1) is 19.3. The number of aromatic hydroxyl groups is 1. The number of hydrogen-bond acceptors (Lipinski definition) is 9. The lowest BCUT2D eigenvalue weighted by Gasteiger charge is -2.34. The fourth-order valence-electron chi connectivity index (χ4n) is 3.41. The maximum Gasteiger partial charge on any atom is 0.266 e. The van der Waals surface area contributed by atoms with Crippen LogP contribution in [0.2, 0.25) is 0 Å². The average Bonchev–Trinajstić information content (AvgIpc) is 3.34. The SMILES string of the molecule is Cc1nc(Cn2c(=O)c(C3=NS(O)(O)c4ccccc4N3)c(O)c3sccc32)cs1. The number of aromatic nitrogens is 2. The molecule has 4 aromatic rings. The predicted molar refractivity (Wildman–Crippen MR) is 121 cm³/mol. The van der Waals surface area contributed by atoms with Gasteiger partial charge in [0.25, 0.3) is 5.56 Å². The molecule has 5 rings (SSSR count). The van der Waals surface area contributed by atoms with Crippen molar-refractivity contribution < 1.29 is 14.2 Å². The van der Waals surface area contributed by atoms with Gasteiger partial charge in [0.1, 0.15) is 10.5 Å². The van der Waals surface area contributed by atoms with E-state index in [1.165, 1.54) is 27.2 Å². The van der Waals surface area contributed by atoms with E-state index in [4.69, 9.17) is 0 Å². The number of thiazole rings is 1. The molecule has 0 spiro atoms.